The number of nitrogens with zero attached hydrogens (tertiary/aromatic N) is 1. The zero-order valence-electron chi connectivity index (χ0n) is 18.4. The van der Waals surface area contributed by atoms with Crippen LogP contribution < -0.4 is 10.1 Å². The summed E-state index contributed by atoms with van der Waals surface area (Å²) in [5.74, 6) is 1.30. The van der Waals surface area contributed by atoms with Crippen LogP contribution in [-0.4, -0.2) is 23.6 Å². The molecule has 168 valence electrons. The van der Waals surface area contributed by atoms with Crippen molar-refractivity contribution in [2.24, 2.45) is 0 Å². The van der Waals surface area contributed by atoms with Gasteiger partial charge in [-0.1, -0.05) is 17.3 Å². The van der Waals surface area contributed by atoms with Crippen LogP contribution in [0.4, 0.5) is 5.00 Å². The minimum absolute atomic E-state index is 0.177. The predicted octanol–water partition coefficient (Wildman–Crippen LogP) is 5.17. The Morgan fingerprint density at radius 3 is 2.59 bits per heavy atom. The van der Waals surface area contributed by atoms with Gasteiger partial charge in [0.25, 0.3) is 0 Å². The summed E-state index contributed by atoms with van der Waals surface area (Å²) in [5.41, 5.74) is 4.10. The number of hydrogen-bond acceptors (Lipinski definition) is 7. The summed E-state index contributed by atoms with van der Waals surface area (Å²) >= 11 is 1.38. The molecule has 2 heterocycles. The van der Waals surface area contributed by atoms with E-state index in [4.69, 9.17) is 14.0 Å². The Balaban J connectivity index is 1.37. The highest BCUT2D eigenvalue weighted by Crippen LogP contribution is 2.46. The lowest BCUT2D eigenvalue weighted by atomic mass is 10.1. The van der Waals surface area contributed by atoms with E-state index in [9.17, 15) is 9.59 Å². The fraction of sp³-hybridized carbons (Fsp3) is 0.375. The lowest BCUT2D eigenvalue weighted by molar-refractivity contribution is -0.115. The minimum atomic E-state index is -0.370. The molecule has 0 saturated heterocycles. The Bertz CT molecular complexity index is 1090. The second kappa shape index (κ2) is 9.56. The maximum absolute atomic E-state index is 12.6. The Morgan fingerprint density at radius 1 is 1.22 bits per heavy atom. The molecule has 1 saturated carbocycles. The Labute approximate surface area is 190 Å². The van der Waals surface area contributed by atoms with Crippen LogP contribution in [0.1, 0.15) is 64.2 Å². The maximum atomic E-state index is 12.6. The third kappa shape index (κ3) is 5.02. The van der Waals surface area contributed by atoms with Crippen LogP contribution in [0.15, 0.2) is 34.2 Å². The van der Waals surface area contributed by atoms with E-state index in [1.807, 2.05) is 43.5 Å². The molecule has 7 nitrogen and oxygen atoms in total. The van der Waals surface area contributed by atoms with E-state index < -0.39 is 0 Å². The highest BCUT2D eigenvalue weighted by Gasteiger charge is 2.32. The quantitative estimate of drug-likeness (QED) is 0.449. The summed E-state index contributed by atoms with van der Waals surface area (Å²) in [7, 11) is 0. The Kier molecular flexibility index (Phi) is 6.60. The van der Waals surface area contributed by atoms with Gasteiger partial charge >= 0.3 is 5.97 Å². The standard InChI is InChI=1S/C24H26N2O5S/c1-4-29-24(28)22-20(17-7-8-17)13-32-23(22)25-21(27)11-16-5-9-18(10-6-16)30-12-19-14(2)26-31-15(19)3/h5-6,9-10,13,17H,4,7-8,11-12H2,1-3H3,(H,25,27). The van der Waals surface area contributed by atoms with E-state index in [1.165, 1.54) is 11.3 Å². The van der Waals surface area contributed by atoms with E-state index in [0.717, 1.165) is 41.0 Å². The highest BCUT2D eigenvalue weighted by atomic mass is 32.1. The van der Waals surface area contributed by atoms with Crippen molar-refractivity contribution < 1.29 is 23.6 Å². The van der Waals surface area contributed by atoms with Gasteiger partial charge in [0, 0.05) is 0 Å². The third-order valence-electron chi connectivity index (χ3n) is 5.42. The topological polar surface area (TPSA) is 90.7 Å². The lowest BCUT2D eigenvalue weighted by Gasteiger charge is -2.09. The first-order chi connectivity index (χ1) is 15.5. The van der Waals surface area contributed by atoms with Crippen LogP contribution in [0.5, 0.6) is 5.75 Å². The van der Waals surface area contributed by atoms with Crippen molar-refractivity contribution in [2.75, 3.05) is 11.9 Å². The highest BCUT2D eigenvalue weighted by molar-refractivity contribution is 7.15. The number of rotatable bonds is 9. The third-order valence-corrected chi connectivity index (χ3v) is 6.34. The molecule has 0 atom stereocenters. The van der Waals surface area contributed by atoms with Crippen molar-refractivity contribution >= 4 is 28.2 Å². The largest absolute Gasteiger partial charge is 0.489 e. The number of hydrogen-bond donors (Lipinski definition) is 1. The summed E-state index contributed by atoms with van der Waals surface area (Å²) in [5, 5.41) is 9.35. The second-order valence-electron chi connectivity index (χ2n) is 7.85. The number of thiophene rings is 1. The molecule has 0 bridgehead atoms. The van der Waals surface area contributed by atoms with Gasteiger partial charge in [-0.3, -0.25) is 4.79 Å². The molecule has 0 aliphatic heterocycles. The zero-order valence-corrected chi connectivity index (χ0v) is 19.2. The molecule has 1 fully saturated rings. The number of carbonyl (C=O) groups excluding carboxylic acids is 2. The molecular formula is C24H26N2O5S. The number of aromatic nitrogens is 1. The smallest absolute Gasteiger partial charge is 0.341 e. The first-order valence-corrected chi connectivity index (χ1v) is 11.6. The zero-order chi connectivity index (χ0) is 22.7. The van der Waals surface area contributed by atoms with Crippen LogP contribution >= 0.6 is 11.3 Å². The fourth-order valence-electron chi connectivity index (χ4n) is 3.50. The molecule has 1 aromatic carbocycles. The molecule has 1 aliphatic carbocycles. The van der Waals surface area contributed by atoms with Crippen LogP contribution in [-0.2, 0) is 22.6 Å². The van der Waals surface area contributed by atoms with Gasteiger partial charge in [-0.05, 0) is 68.2 Å². The van der Waals surface area contributed by atoms with Gasteiger partial charge < -0.3 is 19.3 Å². The summed E-state index contributed by atoms with van der Waals surface area (Å²) < 4.78 is 16.2. The van der Waals surface area contributed by atoms with Gasteiger partial charge in [-0.2, -0.15) is 0 Å². The van der Waals surface area contributed by atoms with Crippen molar-refractivity contribution in [2.45, 2.75) is 52.6 Å². The average molecular weight is 455 g/mol. The summed E-state index contributed by atoms with van der Waals surface area (Å²) in [4.78, 5) is 25.1. The lowest BCUT2D eigenvalue weighted by Crippen LogP contribution is -2.16. The molecule has 8 heteroatoms. The molecular weight excluding hydrogens is 428 g/mol. The van der Waals surface area contributed by atoms with Crippen molar-refractivity contribution in [1.29, 1.82) is 0 Å². The van der Waals surface area contributed by atoms with E-state index in [0.29, 0.717) is 35.4 Å². The number of esters is 1. The number of benzene rings is 1. The van der Waals surface area contributed by atoms with Gasteiger partial charge in [-0.25, -0.2) is 4.79 Å². The molecule has 0 radical (unpaired) electrons. The minimum Gasteiger partial charge on any atom is -0.489 e. The molecule has 1 aliphatic rings. The Hall–Kier alpha value is -3.13. The first kappa shape index (κ1) is 22.1. The normalized spacial score (nSPS) is 13.1. The summed E-state index contributed by atoms with van der Waals surface area (Å²) in [6.07, 6.45) is 2.34. The summed E-state index contributed by atoms with van der Waals surface area (Å²) in [6.45, 7) is 6.19. The van der Waals surface area contributed by atoms with Crippen LogP contribution in [0.2, 0.25) is 0 Å². The second-order valence-corrected chi connectivity index (χ2v) is 8.73. The average Bonchev–Trinajstić information content (AvgIpc) is 3.45. The molecule has 4 rings (SSSR count). The number of amides is 1. The van der Waals surface area contributed by atoms with Crippen molar-refractivity contribution in [1.82, 2.24) is 5.16 Å². The van der Waals surface area contributed by atoms with E-state index in [1.54, 1.807) is 6.92 Å². The van der Waals surface area contributed by atoms with Gasteiger partial charge in [-0.15, -0.1) is 11.3 Å². The van der Waals surface area contributed by atoms with Gasteiger partial charge in [0.2, 0.25) is 5.91 Å². The Morgan fingerprint density at radius 2 is 1.97 bits per heavy atom. The number of nitrogens with one attached hydrogen (secondary N) is 1. The molecule has 2 aromatic heterocycles. The maximum Gasteiger partial charge on any atom is 0.341 e. The number of ether oxygens (including phenoxy) is 2. The van der Waals surface area contributed by atoms with Crippen LogP contribution in [0, 0.1) is 13.8 Å². The summed E-state index contributed by atoms with van der Waals surface area (Å²) in [6, 6.07) is 7.39. The van der Waals surface area contributed by atoms with Crippen molar-refractivity contribution in [3.8, 4) is 5.75 Å². The van der Waals surface area contributed by atoms with Crippen LogP contribution in [0.3, 0.4) is 0 Å². The van der Waals surface area contributed by atoms with E-state index in [2.05, 4.69) is 10.5 Å². The SMILES string of the molecule is CCOC(=O)c1c(C2CC2)csc1NC(=O)Cc1ccc(OCc2c(C)noc2C)cc1. The number of anilines is 1. The van der Waals surface area contributed by atoms with E-state index in [-0.39, 0.29) is 18.3 Å². The molecule has 1 amide bonds. The number of aryl methyl sites for hydroxylation is 2. The van der Waals surface area contributed by atoms with E-state index >= 15 is 0 Å². The van der Waals surface area contributed by atoms with Crippen molar-refractivity contribution in [3.05, 3.63) is 63.4 Å². The van der Waals surface area contributed by atoms with Gasteiger partial charge in [0.15, 0.2) is 0 Å². The van der Waals surface area contributed by atoms with Crippen LogP contribution in [0.25, 0.3) is 0 Å². The van der Waals surface area contributed by atoms with Gasteiger partial charge in [0.1, 0.15) is 23.1 Å². The van der Waals surface area contributed by atoms with Crippen molar-refractivity contribution in [3.63, 3.8) is 0 Å². The molecule has 0 spiro atoms. The van der Waals surface area contributed by atoms with Gasteiger partial charge in [0.05, 0.1) is 29.8 Å². The molecule has 32 heavy (non-hydrogen) atoms. The number of carbonyl (C=O) groups is 2. The molecule has 0 unspecified atom stereocenters. The first-order valence-electron chi connectivity index (χ1n) is 10.7. The predicted molar refractivity (Wildman–Crippen MR) is 121 cm³/mol. The molecule has 3 aromatic rings. The monoisotopic (exact) mass is 454 g/mol. The fourth-order valence-corrected chi connectivity index (χ4v) is 4.54. The molecule has 1 N–H and O–H groups in total.